The van der Waals surface area contributed by atoms with Gasteiger partial charge in [-0.05, 0) is 31.1 Å². The Morgan fingerprint density at radius 1 is 1.39 bits per heavy atom. The second-order valence-corrected chi connectivity index (χ2v) is 5.86. The molecule has 1 amide bonds. The number of nitrogens with zero attached hydrogens (tertiary/aromatic N) is 1. The number of carbonyl (C=O) groups is 1. The van der Waals surface area contributed by atoms with Crippen LogP contribution in [0.2, 0.25) is 0 Å². The van der Waals surface area contributed by atoms with Crippen molar-refractivity contribution in [1.29, 1.82) is 0 Å². The molecule has 0 aromatic carbocycles. The molecule has 0 radical (unpaired) electrons. The molecule has 104 valence electrons. The molecule has 0 aliphatic carbocycles. The fourth-order valence-corrected chi connectivity index (χ4v) is 2.94. The minimum absolute atomic E-state index is 0.00907. The summed E-state index contributed by atoms with van der Waals surface area (Å²) in [5, 5.41) is 3.47. The summed E-state index contributed by atoms with van der Waals surface area (Å²) in [4.78, 5) is 14.5. The Bertz CT molecular complexity index is 288. The molecule has 2 atom stereocenters. The highest BCUT2D eigenvalue weighted by Gasteiger charge is 2.40. The van der Waals surface area contributed by atoms with Crippen LogP contribution in [0.3, 0.4) is 0 Å². The largest absolute Gasteiger partial charge is 0.381 e. The zero-order valence-electron chi connectivity index (χ0n) is 11.8. The zero-order valence-corrected chi connectivity index (χ0v) is 11.8. The van der Waals surface area contributed by atoms with Crippen LogP contribution in [-0.4, -0.2) is 42.8 Å². The Hall–Kier alpha value is -0.610. The maximum absolute atomic E-state index is 12.4. The van der Waals surface area contributed by atoms with E-state index in [4.69, 9.17) is 4.74 Å². The molecular formula is C14H26N2O2. The zero-order chi connectivity index (χ0) is 13.1. The lowest BCUT2D eigenvalue weighted by atomic mass is 9.99. The van der Waals surface area contributed by atoms with Gasteiger partial charge in [0.15, 0.2) is 0 Å². The molecule has 4 nitrogen and oxygen atoms in total. The molecular weight excluding hydrogens is 228 g/mol. The van der Waals surface area contributed by atoms with Crippen molar-refractivity contribution in [3.63, 3.8) is 0 Å². The van der Waals surface area contributed by atoms with Gasteiger partial charge in [0, 0.05) is 19.8 Å². The Morgan fingerprint density at radius 3 is 2.61 bits per heavy atom. The van der Waals surface area contributed by atoms with Gasteiger partial charge in [0.05, 0.1) is 12.2 Å². The van der Waals surface area contributed by atoms with Gasteiger partial charge < -0.3 is 9.64 Å². The Balaban J connectivity index is 1.98. The molecule has 0 aromatic heterocycles. The molecule has 2 unspecified atom stereocenters. The Kier molecular flexibility index (Phi) is 4.62. The van der Waals surface area contributed by atoms with Gasteiger partial charge in [0.25, 0.3) is 0 Å². The summed E-state index contributed by atoms with van der Waals surface area (Å²) in [5.74, 6) is 1.28. The highest BCUT2D eigenvalue weighted by atomic mass is 16.5. The molecule has 4 heteroatoms. The number of carbonyl (C=O) groups excluding carboxylic acids is 1. The summed E-state index contributed by atoms with van der Waals surface area (Å²) in [6.45, 7) is 8.97. The molecule has 2 saturated heterocycles. The van der Waals surface area contributed by atoms with Crippen LogP contribution < -0.4 is 5.32 Å². The van der Waals surface area contributed by atoms with Gasteiger partial charge in [-0.3, -0.25) is 10.1 Å². The summed E-state index contributed by atoms with van der Waals surface area (Å²) in [5.41, 5.74) is 0. The van der Waals surface area contributed by atoms with Crippen molar-refractivity contribution < 1.29 is 9.53 Å². The molecule has 0 spiro atoms. The quantitative estimate of drug-likeness (QED) is 0.828. The summed E-state index contributed by atoms with van der Waals surface area (Å²) >= 11 is 0. The molecule has 2 aliphatic rings. The van der Waals surface area contributed by atoms with Crippen LogP contribution in [0, 0.1) is 11.8 Å². The van der Waals surface area contributed by atoms with E-state index in [1.54, 1.807) is 0 Å². The molecule has 2 heterocycles. The lowest BCUT2D eigenvalue weighted by molar-refractivity contribution is -0.131. The summed E-state index contributed by atoms with van der Waals surface area (Å²) in [6.07, 6.45) is 3.39. The van der Waals surface area contributed by atoms with Crippen molar-refractivity contribution in [3.05, 3.63) is 0 Å². The fourth-order valence-electron chi connectivity index (χ4n) is 2.94. The third kappa shape index (κ3) is 2.86. The smallest absolute Gasteiger partial charge is 0.241 e. The van der Waals surface area contributed by atoms with Gasteiger partial charge in [-0.1, -0.05) is 20.8 Å². The van der Waals surface area contributed by atoms with E-state index in [9.17, 15) is 4.79 Å². The fraction of sp³-hybridized carbons (Fsp3) is 0.929. The molecule has 0 bridgehead atoms. The van der Waals surface area contributed by atoms with E-state index in [-0.39, 0.29) is 12.2 Å². The SMILES string of the molecule is CCC1NC(C(C)C)C(=O)N1CC1CCOCC1. The predicted octanol–water partition coefficient (Wildman–Crippen LogP) is 1.61. The van der Waals surface area contributed by atoms with Gasteiger partial charge in [0.2, 0.25) is 5.91 Å². The van der Waals surface area contributed by atoms with Crippen molar-refractivity contribution in [2.75, 3.05) is 19.8 Å². The van der Waals surface area contributed by atoms with Crippen molar-refractivity contribution >= 4 is 5.91 Å². The van der Waals surface area contributed by atoms with Gasteiger partial charge in [0.1, 0.15) is 0 Å². The van der Waals surface area contributed by atoms with Crippen LogP contribution in [0.5, 0.6) is 0 Å². The number of hydrogen-bond acceptors (Lipinski definition) is 3. The number of rotatable bonds is 4. The van der Waals surface area contributed by atoms with E-state index < -0.39 is 0 Å². The molecule has 0 aromatic rings. The Labute approximate surface area is 110 Å². The second kappa shape index (κ2) is 6.02. The first kappa shape index (κ1) is 13.8. The maximum atomic E-state index is 12.4. The van der Waals surface area contributed by atoms with E-state index in [0.29, 0.717) is 17.7 Å². The first-order valence-electron chi connectivity index (χ1n) is 7.27. The van der Waals surface area contributed by atoms with Gasteiger partial charge >= 0.3 is 0 Å². The molecule has 0 saturated carbocycles. The van der Waals surface area contributed by atoms with Crippen LogP contribution in [0.1, 0.15) is 40.0 Å². The lowest BCUT2D eigenvalue weighted by Crippen LogP contribution is -2.41. The van der Waals surface area contributed by atoms with Gasteiger partial charge in [-0.2, -0.15) is 0 Å². The molecule has 18 heavy (non-hydrogen) atoms. The van der Waals surface area contributed by atoms with E-state index in [0.717, 1.165) is 39.0 Å². The third-order valence-corrected chi connectivity index (χ3v) is 4.15. The normalized spacial score (nSPS) is 30.4. The van der Waals surface area contributed by atoms with Crippen LogP contribution >= 0.6 is 0 Å². The average molecular weight is 254 g/mol. The van der Waals surface area contributed by atoms with Crippen LogP contribution in [0.4, 0.5) is 0 Å². The number of ether oxygens (including phenoxy) is 1. The Morgan fingerprint density at radius 2 is 2.06 bits per heavy atom. The topological polar surface area (TPSA) is 41.6 Å². The molecule has 2 fully saturated rings. The minimum Gasteiger partial charge on any atom is -0.381 e. The van der Waals surface area contributed by atoms with Gasteiger partial charge in [-0.25, -0.2) is 0 Å². The van der Waals surface area contributed by atoms with Crippen LogP contribution in [0.15, 0.2) is 0 Å². The first-order chi connectivity index (χ1) is 8.63. The van der Waals surface area contributed by atoms with E-state index in [1.165, 1.54) is 0 Å². The number of amides is 1. The summed E-state index contributed by atoms with van der Waals surface area (Å²) in [7, 11) is 0. The monoisotopic (exact) mass is 254 g/mol. The van der Waals surface area contributed by atoms with E-state index >= 15 is 0 Å². The van der Waals surface area contributed by atoms with Gasteiger partial charge in [-0.15, -0.1) is 0 Å². The highest BCUT2D eigenvalue weighted by Crippen LogP contribution is 2.23. The van der Waals surface area contributed by atoms with Crippen molar-refractivity contribution in [2.45, 2.75) is 52.2 Å². The highest BCUT2D eigenvalue weighted by molar-refractivity contribution is 5.84. The maximum Gasteiger partial charge on any atom is 0.241 e. The molecule has 1 N–H and O–H groups in total. The van der Waals surface area contributed by atoms with E-state index in [2.05, 4.69) is 31.0 Å². The van der Waals surface area contributed by atoms with Crippen molar-refractivity contribution in [2.24, 2.45) is 11.8 Å². The second-order valence-electron chi connectivity index (χ2n) is 5.86. The number of nitrogens with one attached hydrogen (secondary N) is 1. The summed E-state index contributed by atoms with van der Waals surface area (Å²) in [6, 6.07) is 0.00907. The van der Waals surface area contributed by atoms with Crippen LogP contribution in [-0.2, 0) is 9.53 Å². The van der Waals surface area contributed by atoms with Crippen LogP contribution in [0.25, 0.3) is 0 Å². The third-order valence-electron chi connectivity index (χ3n) is 4.15. The standard InChI is InChI=1S/C14H26N2O2/c1-4-12-15-13(10(2)3)14(17)16(12)9-11-5-7-18-8-6-11/h10-13,15H,4-9H2,1-3H3. The lowest BCUT2D eigenvalue weighted by Gasteiger charge is -2.30. The minimum atomic E-state index is 0.00907. The average Bonchev–Trinajstić information content (AvgIpc) is 2.68. The van der Waals surface area contributed by atoms with E-state index in [1.807, 2.05) is 0 Å². The predicted molar refractivity (Wildman–Crippen MR) is 71.1 cm³/mol. The first-order valence-corrected chi connectivity index (χ1v) is 7.27. The summed E-state index contributed by atoms with van der Waals surface area (Å²) < 4.78 is 5.38. The van der Waals surface area contributed by atoms with Crippen molar-refractivity contribution in [1.82, 2.24) is 10.2 Å². The number of hydrogen-bond donors (Lipinski definition) is 1. The molecule has 2 aliphatic heterocycles. The molecule has 2 rings (SSSR count). The van der Waals surface area contributed by atoms with Crippen molar-refractivity contribution in [3.8, 4) is 0 Å².